The molecule has 25 heavy (non-hydrogen) atoms. The third-order valence-electron chi connectivity index (χ3n) is 4.39. The van der Waals surface area contributed by atoms with Crippen LogP contribution in [0.5, 0.6) is 0 Å². The van der Waals surface area contributed by atoms with Crippen LogP contribution in [0.2, 0.25) is 5.02 Å². The molecule has 1 saturated heterocycles. The van der Waals surface area contributed by atoms with Gasteiger partial charge in [-0.05, 0) is 43.3 Å². The van der Waals surface area contributed by atoms with Crippen LogP contribution < -0.4 is 9.80 Å². The number of nitro groups is 1. The van der Waals surface area contributed by atoms with Crippen LogP contribution in [0, 0.1) is 10.1 Å². The van der Waals surface area contributed by atoms with Gasteiger partial charge in [-0.2, -0.15) is 0 Å². The van der Waals surface area contributed by atoms with E-state index in [9.17, 15) is 14.9 Å². The summed E-state index contributed by atoms with van der Waals surface area (Å²) in [4.78, 5) is 26.5. The molecule has 3 rings (SSSR count). The molecule has 0 atom stereocenters. The van der Waals surface area contributed by atoms with Crippen LogP contribution in [0.4, 0.5) is 17.1 Å². The van der Waals surface area contributed by atoms with E-state index in [1.807, 2.05) is 29.2 Å². The zero-order valence-electron chi connectivity index (χ0n) is 13.8. The number of nitrogens with zero attached hydrogens (tertiary/aromatic N) is 3. The molecule has 0 aliphatic carbocycles. The minimum Gasteiger partial charge on any atom is -0.368 e. The predicted octanol–water partition coefficient (Wildman–Crippen LogP) is 3.78. The van der Waals surface area contributed by atoms with Gasteiger partial charge in [-0.3, -0.25) is 14.9 Å². The first-order chi connectivity index (χ1) is 12.0. The molecule has 0 radical (unpaired) electrons. The van der Waals surface area contributed by atoms with Crippen molar-refractivity contribution in [3.63, 3.8) is 0 Å². The number of carbonyl (C=O) groups is 1. The van der Waals surface area contributed by atoms with Crippen LogP contribution in [-0.4, -0.2) is 36.9 Å². The number of piperazine rings is 1. The van der Waals surface area contributed by atoms with Gasteiger partial charge in [0, 0.05) is 48.5 Å². The molecule has 0 unspecified atom stereocenters. The summed E-state index contributed by atoms with van der Waals surface area (Å²) >= 11 is 5.88. The molecule has 0 spiro atoms. The van der Waals surface area contributed by atoms with Crippen LogP contribution in [0.3, 0.4) is 0 Å². The second-order valence-electron chi connectivity index (χ2n) is 5.97. The number of benzene rings is 2. The van der Waals surface area contributed by atoms with Crippen molar-refractivity contribution in [2.24, 2.45) is 0 Å². The minimum absolute atomic E-state index is 0.0340. The Morgan fingerprint density at radius 2 is 1.64 bits per heavy atom. The van der Waals surface area contributed by atoms with Crippen LogP contribution in [-0.2, 0) is 0 Å². The fourth-order valence-corrected chi connectivity index (χ4v) is 3.19. The molecule has 1 aliphatic rings. The number of rotatable bonds is 4. The number of ketones is 1. The summed E-state index contributed by atoms with van der Waals surface area (Å²) in [5.74, 6) is 0.0476. The van der Waals surface area contributed by atoms with Gasteiger partial charge >= 0.3 is 0 Å². The SMILES string of the molecule is CC(=O)c1ccc(N2CCN(c3ccc(Cl)cc3[N+](=O)[O-])CC2)cc1. The van der Waals surface area contributed by atoms with Gasteiger partial charge in [0.15, 0.2) is 5.78 Å². The average Bonchev–Trinajstić information content (AvgIpc) is 2.62. The highest BCUT2D eigenvalue weighted by Gasteiger charge is 2.24. The maximum Gasteiger partial charge on any atom is 0.294 e. The zero-order chi connectivity index (χ0) is 18.0. The smallest absolute Gasteiger partial charge is 0.294 e. The van der Waals surface area contributed by atoms with Gasteiger partial charge in [-0.1, -0.05) is 11.6 Å². The number of hydrogen-bond acceptors (Lipinski definition) is 5. The molecular formula is C18H18ClN3O3. The monoisotopic (exact) mass is 359 g/mol. The molecule has 0 amide bonds. The maximum atomic E-state index is 11.4. The van der Waals surface area contributed by atoms with E-state index in [2.05, 4.69) is 4.90 Å². The lowest BCUT2D eigenvalue weighted by Gasteiger charge is -2.37. The van der Waals surface area contributed by atoms with E-state index in [4.69, 9.17) is 11.6 Å². The predicted molar refractivity (Wildman–Crippen MR) is 99.0 cm³/mol. The Hall–Kier alpha value is -2.60. The number of Topliss-reactive ketones (excluding diaryl/α,β-unsaturated/α-hetero) is 1. The minimum atomic E-state index is -0.395. The van der Waals surface area contributed by atoms with Gasteiger partial charge in [0.2, 0.25) is 0 Å². The molecule has 7 heteroatoms. The fourth-order valence-electron chi connectivity index (χ4n) is 3.02. The van der Waals surface area contributed by atoms with Crippen LogP contribution in [0.1, 0.15) is 17.3 Å². The fraction of sp³-hybridized carbons (Fsp3) is 0.278. The summed E-state index contributed by atoms with van der Waals surface area (Å²) in [5, 5.41) is 11.6. The third-order valence-corrected chi connectivity index (χ3v) is 4.63. The number of nitro benzene ring substituents is 1. The van der Waals surface area contributed by atoms with E-state index >= 15 is 0 Å². The summed E-state index contributed by atoms with van der Waals surface area (Å²) < 4.78 is 0. The van der Waals surface area contributed by atoms with Gasteiger partial charge in [0.1, 0.15) is 5.69 Å². The molecule has 0 bridgehead atoms. The Labute approximate surface area is 150 Å². The Kier molecular flexibility index (Phi) is 4.90. The summed E-state index contributed by atoms with van der Waals surface area (Å²) in [7, 11) is 0. The normalized spacial score (nSPS) is 14.5. The van der Waals surface area contributed by atoms with E-state index in [0.717, 1.165) is 18.8 Å². The van der Waals surface area contributed by atoms with E-state index in [1.165, 1.54) is 6.07 Å². The summed E-state index contributed by atoms with van der Waals surface area (Å²) in [6.45, 7) is 4.40. The first-order valence-electron chi connectivity index (χ1n) is 8.00. The molecule has 130 valence electrons. The summed E-state index contributed by atoms with van der Waals surface area (Å²) in [6, 6.07) is 12.3. The number of carbonyl (C=O) groups excluding carboxylic acids is 1. The first kappa shape index (κ1) is 17.2. The van der Waals surface area contributed by atoms with E-state index in [-0.39, 0.29) is 11.5 Å². The largest absolute Gasteiger partial charge is 0.368 e. The standard InChI is InChI=1S/C18H18ClN3O3/c1-13(23)14-2-5-16(6-3-14)20-8-10-21(11-9-20)17-7-4-15(19)12-18(17)22(24)25/h2-7,12H,8-11H2,1H3. The third kappa shape index (κ3) is 3.74. The van der Waals surface area contributed by atoms with E-state index in [0.29, 0.717) is 29.4 Å². The van der Waals surface area contributed by atoms with Crippen molar-refractivity contribution < 1.29 is 9.72 Å². The molecule has 6 nitrogen and oxygen atoms in total. The highest BCUT2D eigenvalue weighted by Crippen LogP contribution is 2.32. The lowest BCUT2D eigenvalue weighted by atomic mass is 10.1. The lowest BCUT2D eigenvalue weighted by molar-refractivity contribution is -0.384. The van der Waals surface area contributed by atoms with Gasteiger partial charge in [-0.25, -0.2) is 0 Å². The second kappa shape index (κ2) is 7.11. The Morgan fingerprint density at radius 3 is 2.20 bits per heavy atom. The van der Waals surface area contributed by atoms with Crippen molar-refractivity contribution in [1.29, 1.82) is 0 Å². The Bertz CT molecular complexity index is 800. The molecule has 1 aliphatic heterocycles. The van der Waals surface area contributed by atoms with Crippen molar-refractivity contribution in [3.05, 3.63) is 63.2 Å². The Balaban J connectivity index is 1.72. The van der Waals surface area contributed by atoms with Crippen molar-refractivity contribution in [1.82, 2.24) is 0 Å². The molecule has 2 aromatic carbocycles. The van der Waals surface area contributed by atoms with Gasteiger partial charge in [0.05, 0.1) is 4.92 Å². The van der Waals surface area contributed by atoms with Crippen molar-refractivity contribution in [2.75, 3.05) is 36.0 Å². The molecule has 2 aromatic rings. The second-order valence-corrected chi connectivity index (χ2v) is 6.40. The zero-order valence-corrected chi connectivity index (χ0v) is 14.6. The lowest BCUT2D eigenvalue weighted by Crippen LogP contribution is -2.46. The maximum absolute atomic E-state index is 11.4. The van der Waals surface area contributed by atoms with E-state index < -0.39 is 4.92 Å². The topological polar surface area (TPSA) is 66.7 Å². The molecule has 0 saturated carbocycles. The number of anilines is 2. The molecule has 1 fully saturated rings. The van der Waals surface area contributed by atoms with Crippen LogP contribution in [0.25, 0.3) is 0 Å². The first-order valence-corrected chi connectivity index (χ1v) is 8.38. The molecule has 1 heterocycles. The summed E-state index contributed by atoms with van der Waals surface area (Å²) in [6.07, 6.45) is 0. The van der Waals surface area contributed by atoms with Crippen LogP contribution >= 0.6 is 11.6 Å². The number of hydrogen-bond donors (Lipinski definition) is 0. The van der Waals surface area contributed by atoms with Crippen LogP contribution in [0.15, 0.2) is 42.5 Å². The molecule has 0 aromatic heterocycles. The van der Waals surface area contributed by atoms with E-state index in [1.54, 1.807) is 19.1 Å². The highest BCUT2D eigenvalue weighted by molar-refractivity contribution is 6.30. The average molecular weight is 360 g/mol. The Morgan fingerprint density at radius 1 is 1.04 bits per heavy atom. The summed E-state index contributed by atoms with van der Waals surface area (Å²) in [5.41, 5.74) is 2.38. The van der Waals surface area contributed by atoms with Gasteiger partial charge in [0.25, 0.3) is 5.69 Å². The van der Waals surface area contributed by atoms with Gasteiger partial charge in [-0.15, -0.1) is 0 Å². The van der Waals surface area contributed by atoms with Gasteiger partial charge < -0.3 is 9.80 Å². The van der Waals surface area contributed by atoms with Crippen molar-refractivity contribution in [2.45, 2.75) is 6.92 Å². The van der Waals surface area contributed by atoms with Crippen molar-refractivity contribution in [3.8, 4) is 0 Å². The quantitative estimate of drug-likeness (QED) is 0.472. The number of halogens is 1. The highest BCUT2D eigenvalue weighted by atomic mass is 35.5. The molecule has 0 N–H and O–H groups in total. The molecular weight excluding hydrogens is 342 g/mol. The van der Waals surface area contributed by atoms with Crippen molar-refractivity contribution >= 4 is 34.4 Å².